The zero-order valence-electron chi connectivity index (χ0n) is 16.3. The number of methoxy groups -OCH3 is 1. The van der Waals surface area contributed by atoms with Gasteiger partial charge in [-0.2, -0.15) is 0 Å². The molecular weight excluding hydrogens is 395 g/mol. The molecular formula is C20H19FN4O5. The van der Waals surface area contributed by atoms with Gasteiger partial charge in [0.2, 0.25) is 5.88 Å². The van der Waals surface area contributed by atoms with Gasteiger partial charge < -0.3 is 14.5 Å². The van der Waals surface area contributed by atoms with Gasteiger partial charge in [-0.05, 0) is 31.2 Å². The van der Waals surface area contributed by atoms with Crippen LogP contribution in [0.5, 0.6) is 11.6 Å². The molecule has 30 heavy (non-hydrogen) atoms. The van der Waals surface area contributed by atoms with Gasteiger partial charge in [0, 0.05) is 29.6 Å². The number of ether oxygens (including phenoxy) is 2. The van der Waals surface area contributed by atoms with Crippen LogP contribution >= 0.6 is 0 Å². The van der Waals surface area contributed by atoms with Crippen LogP contribution in [0.1, 0.15) is 23.0 Å². The molecule has 3 aromatic rings. The van der Waals surface area contributed by atoms with Crippen LogP contribution in [0.3, 0.4) is 0 Å². The molecule has 3 rings (SSSR count). The van der Waals surface area contributed by atoms with E-state index in [1.54, 1.807) is 12.1 Å². The van der Waals surface area contributed by atoms with Crippen molar-refractivity contribution in [1.29, 1.82) is 0 Å². The number of aromatic amines is 1. The zero-order valence-corrected chi connectivity index (χ0v) is 16.3. The number of carbonyl (C=O) groups is 1. The van der Waals surface area contributed by atoms with E-state index in [1.807, 2.05) is 6.92 Å². The first-order valence-corrected chi connectivity index (χ1v) is 8.95. The standard InChI is InChI=1S/C20H19FN4O5/c1-3-29-17-7-4-12(9-22-17)16-10-23-19(26)18(24-16)20(27)25-30-11-13-8-14(28-2)5-6-15(13)21/h4-10H,3,11H2,1-2H3,(H,23,26)(H,25,27). The number of aromatic nitrogens is 3. The monoisotopic (exact) mass is 414 g/mol. The largest absolute Gasteiger partial charge is 0.497 e. The number of benzene rings is 1. The molecule has 156 valence electrons. The van der Waals surface area contributed by atoms with Crippen LogP contribution in [0.4, 0.5) is 4.39 Å². The molecule has 2 N–H and O–H groups in total. The molecule has 0 aliphatic heterocycles. The zero-order chi connectivity index (χ0) is 21.5. The van der Waals surface area contributed by atoms with E-state index in [4.69, 9.17) is 14.3 Å². The van der Waals surface area contributed by atoms with E-state index in [1.165, 1.54) is 37.7 Å². The first-order chi connectivity index (χ1) is 14.5. The number of H-pyrrole nitrogens is 1. The molecule has 0 aliphatic carbocycles. The summed E-state index contributed by atoms with van der Waals surface area (Å²) in [5.41, 5.74) is 2.05. The second-order valence-corrected chi connectivity index (χ2v) is 5.96. The first-order valence-electron chi connectivity index (χ1n) is 8.95. The second-order valence-electron chi connectivity index (χ2n) is 5.96. The minimum absolute atomic E-state index is 0.172. The van der Waals surface area contributed by atoms with Crippen LogP contribution in [-0.4, -0.2) is 34.6 Å². The van der Waals surface area contributed by atoms with Crippen molar-refractivity contribution in [3.8, 4) is 22.9 Å². The number of hydroxylamine groups is 1. The number of hydrogen-bond donors (Lipinski definition) is 2. The van der Waals surface area contributed by atoms with Gasteiger partial charge in [-0.1, -0.05) is 0 Å². The maximum absolute atomic E-state index is 13.8. The number of carbonyl (C=O) groups excluding carboxylic acids is 1. The van der Waals surface area contributed by atoms with Crippen LogP contribution in [0.2, 0.25) is 0 Å². The minimum atomic E-state index is -0.875. The summed E-state index contributed by atoms with van der Waals surface area (Å²) in [4.78, 5) is 40.0. The molecule has 0 fully saturated rings. The highest BCUT2D eigenvalue weighted by atomic mass is 19.1. The Morgan fingerprint density at radius 1 is 1.27 bits per heavy atom. The van der Waals surface area contributed by atoms with Crippen molar-refractivity contribution in [1.82, 2.24) is 20.4 Å². The Kier molecular flexibility index (Phi) is 6.71. The lowest BCUT2D eigenvalue weighted by molar-refractivity contribution is 0.0218. The topological polar surface area (TPSA) is 115 Å². The maximum Gasteiger partial charge on any atom is 0.299 e. The SMILES string of the molecule is CCOc1ccc(-c2c[nH]c(=O)c(C(=O)NOCc3cc(OC)ccc3F)n2)cn1. The van der Waals surface area contributed by atoms with Gasteiger partial charge in [0.25, 0.3) is 11.5 Å². The molecule has 0 saturated heterocycles. The molecule has 9 nitrogen and oxygen atoms in total. The van der Waals surface area contributed by atoms with Gasteiger partial charge >= 0.3 is 0 Å². The predicted octanol–water partition coefficient (Wildman–Crippen LogP) is 2.24. The summed E-state index contributed by atoms with van der Waals surface area (Å²) in [5, 5.41) is 0. The van der Waals surface area contributed by atoms with Crippen LogP contribution in [-0.2, 0) is 11.4 Å². The average Bonchev–Trinajstić information content (AvgIpc) is 2.76. The van der Waals surface area contributed by atoms with Crippen molar-refractivity contribution in [3.05, 3.63) is 70.2 Å². The lowest BCUT2D eigenvalue weighted by Crippen LogP contribution is -2.31. The van der Waals surface area contributed by atoms with E-state index in [9.17, 15) is 14.0 Å². The predicted molar refractivity (Wildman–Crippen MR) is 104 cm³/mol. The van der Waals surface area contributed by atoms with Crippen LogP contribution < -0.4 is 20.5 Å². The van der Waals surface area contributed by atoms with Gasteiger partial charge in [-0.15, -0.1) is 0 Å². The number of nitrogens with one attached hydrogen (secondary N) is 2. The van der Waals surface area contributed by atoms with E-state index >= 15 is 0 Å². The maximum atomic E-state index is 13.8. The van der Waals surface area contributed by atoms with E-state index in [0.717, 1.165) is 0 Å². The van der Waals surface area contributed by atoms with E-state index < -0.39 is 23.0 Å². The van der Waals surface area contributed by atoms with E-state index in [-0.39, 0.29) is 12.2 Å². The molecule has 1 aromatic carbocycles. The van der Waals surface area contributed by atoms with Crippen molar-refractivity contribution in [2.75, 3.05) is 13.7 Å². The van der Waals surface area contributed by atoms with Crippen LogP contribution in [0.15, 0.2) is 47.5 Å². The molecule has 0 atom stereocenters. The third kappa shape index (κ3) is 4.97. The molecule has 2 aromatic heterocycles. The van der Waals surface area contributed by atoms with E-state index in [2.05, 4.69) is 20.4 Å². The summed E-state index contributed by atoms with van der Waals surface area (Å²) in [5.74, 6) is -0.510. The smallest absolute Gasteiger partial charge is 0.299 e. The Balaban J connectivity index is 1.70. The average molecular weight is 414 g/mol. The quantitative estimate of drug-likeness (QED) is 0.543. The van der Waals surface area contributed by atoms with Gasteiger partial charge in [-0.25, -0.2) is 19.8 Å². The fourth-order valence-electron chi connectivity index (χ4n) is 2.49. The summed E-state index contributed by atoms with van der Waals surface area (Å²) in [6.45, 7) is 2.05. The molecule has 0 aliphatic rings. The Labute approximate surface area is 170 Å². The van der Waals surface area contributed by atoms with Gasteiger partial charge in [0.15, 0.2) is 5.69 Å². The third-order valence-electron chi connectivity index (χ3n) is 3.97. The fourth-order valence-corrected chi connectivity index (χ4v) is 2.49. The third-order valence-corrected chi connectivity index (χ3v) is 3.97. The van der Waals surface area contributed by atoms with Crippen molar-refractivity contribution in [2.45, 2.75) is 13.5 Å². The molecule has 1 amide bonds. The Morgan fingerprint density at radius 3 is 2.80 bits per heavy atom. The van der Waals surface area contributed by atoms with Crippen molar-refractivity contribution < 1.29 is 23.5 Å². The second kappa shape index (κ2) is 9.61. The Bertz CT molecular complexity index is 1090. The molecule has 0 unspecified atom stereocenters. The number of nitrogens with zero attached hydrogens (tertiary/aromatic N) is 2. The summed E-state index contributed by atoms with van der Waals surface area (Å²) in [6, 6.07) is 7.47. The number of pyridine rings is 1. The van der Waals surface area contributed by atoms with E-state index in [0.29, 0.717) is 29.5 Å². The Hall–Kier alpha value is -3.79. The normalized spacial score (nSPS) is 10.5. The molecule has 0 spiro atoms. The van der Waals surface area contributed by atoms with Crippen LogP contribution in [0, 0.1) is 5.82 Å². The number of rotatable bonds is 8. The molecule has 0 bridgehead atoms. The first kappa shape index (κ1) is 20.9. The van der Waals surface area contributed by atoms with Crippen molar-refractivity contribution in [3.63, 3.8) is 0 Å². The summed E-state index contributed by atoms with van der Waals surface area (Å²) in [6.07, 6.45) is 2.87. The fraction of sp³-hybridized carbons (Fsp3) is 0.200. The highest BCUT2D eigenvalue weighted by Gasteiger charge is 2.15. The molecule has 0 radical (unpaired) electrons. The summed E-state index contributed by atoms with van der Waals surface area (Å²) >= 11 is 0. The molecule has 2 heterocycles. The van der Waals surface area contributed by atoms with Crippen molar-refractivity contribution in [2.24, 2.45) is 0 Å². The number of halogens is 1. The van der Waals surface area contributed by atoms with Crippen molar-refractivity contribution >= 4 is 5.91 Å². The van der Waals surface area contributed by atoms with Gasteiger partial charge in [-0.3, -0.25) is 14.4 Å². The highest BCUT2D eigenvalue weighted by molar-refractivity contribution is 5.91. The number of hydrogen-bond acceptors (Lipinski definition) is 7. The highest BCUT2D eigenvalue weighted by Crippen LogP contribution is 2.18. The Morgan fingerprint density at radius 2 is 2.10 bits per heavy atom. The lowest BCUT2D eigenvalue weighted by atomic mass is 10.2. The number of amides is 1. The van der Waals surface area contributed by atoms with Gasteiger partial charge in [0.1, 0.15) is 18.2 Å². The molecule has 10 heteroatoms. The lowest BCUT2D eigenvalue weighted by Gasteiger charge is -2.08. The molecule has 0 saturated carbocycles. The minimum Gasteiger partial charge on any atom is -0.497 e. The summed E-state index contributed by atoms with van der Waals surface area (Å²) in [7, 11) is 1.45. The summed E-state index contributed by atoms with van der Waals surface area (Å²) < 4.78 is 24.1. The van der Waals surface area contributed by atoms with Crippen LogP contribution in [0.25, 0.3) is 11.3 Å². The van der Waals surface area contributed by atoms with Gasteiger partial charge in [0.05, 0.1) is 19.4 Å².